The van der Waals surface area contributed by atoms with Crippen molar-refractivity contribution in [3.63, 3.8) is 0 Å². The van der Waals surface area contributed by atoms with E-state index in [4.69, 9.17) is 0 Å². The highest BCUT2D eigenvalue weighted by Crippen LogP contribution is 2.27. The highest BCUT2D eigenvalue weighted by Gasteiger charge is 2.33. The fourth-order valence-corrected chi connectivity index (χ4v) is 2.89. The van der Waals surface area contributed by atoms with E-state index in [2.05, 4.69) is 21.5 Å². The third-order valence-electron chi connectivity index (χ3n) is 4.09. The molecule has 0 spiro atoms. The molecule has 21 heavy (non-hydrogen) atoms. The van der Waals surface area contributed by atoms with Gasteiger partial charge in [-0.3, -0.25) is 9.78 Å². The monoisotopic (exact) mass is 283 g/mol. The normalized spacial score (nSPS) is 17.9. The summed E-state index contributed by atoms with van der Waals surface area (Å²) in [6, 6.07) is 2.32. The van der Waals surface area contributed by atoms with Crippen LogP contribution in [0.15, 0.2) is 24.8 Å². The quantitative estimate of drug-likeness (QED) is 0.855. The number of nitrogens with zero attached hydrogens (tertiary/aromatic N) is 4. The first kappa shape index (κ1) is 13.6. The molecule has 0 unspecified atom stereocenters. The van der Waals surface area contributed by atoms with Gasteiger partial charge in [-0.25, -0.2) is 4.52 Å². The minimum Gasteiger partial charge on any atom is -0.334 e. The molecule has 3 rings (SSSR count). The van der Waals surface area contributed by atoms with Crippen molar-refractivity contribution < 1.29 is 4.79 Å². The van der Waals surface area contributed by atoms with E-state index in [1.807, 2.05) is 0 Å². The van der Waals surface area contributed by atoms with Gasteiger partial charge in [-0.15, -0.1) is 0 Å². The second kappa shape index (κ2) is 5.52. The Hall–Kier alpha value is -2.42. The molecule has 1 fully saturated rings. The van der Waals surface area contributed by atoms with Gasteiger partial charge >= 0.3 is 0 Å². The summed E-state index contributed by atoms with van der Waals surface area (Å²) in [6.45, 7) is 0. The van der Waals surface area contributed by atoms with Crippen LogP contribution in [0.3, 0.4) is 0 Å². The van der Waals surface area contributed by atoms with Crippen LogP contribution in [-0.2, 0) is 0 Å². The molecule has 0 aromatic carbocycles. The Balaban J connectivity index is 1.86. The Labute approximate surface area is 122 Å². The van der Waals surface area contributed by atoms with E-state index in [0.717, 1.165) is 25.7 Å². The van der Waals surface area contributed by atoms with Crippen LogP contribution in [0.5, 0.6) is 0 Å². The predicted molar refractivity (Wildman–Crippen MR) is 76.5 cm³/mol. The molecule has 2 heterocycles. The van der Waals surface area contributed by atoms with Crippen molar-refractivity contribution in [2.24, 2.45) is 0 Å². The number of carbonyl (C=O) groups is 1. The number of hydrogen-bond acceptors (Lipinski definition) is 4. The SMILES string of the molecule is N#CC1(NC(=O)c2cnn3ccncc23)CCCCCC1. The van der Waals surface area contributed by atoms with Gasteiger partial charge in [0.1, 0.15) is 5.54 Å². The van der Waals surface area contributed by atoms with Crippen molar-refractivity contribution in [1.29, 1.82) is 5.26 Å². The van der Waals surface area contributed by atoms with Gasteiger partial charge in [0.2, 0.25) is 0 Å². The molecule has 0 saturated heterocycles. The molecule has 0 radical (unpaired) electrons. The molecule has 1 aliphatic rings. The Bertz CT molecular complexity index is 691. The predicted octanol–water partition coefficient (Wildman–Crippen LogP) is 2.08. The molecule has 108 valence electrons. The number of aromatic nitrogens is 3. The first-order valence-corrected chi connectivity index (χ1v) is 7.25. The van der Waals surface area contributed by atoms with Crippen LogP contribution in [0.4, 0.5) is 0 Å². The Morgan fingerprint density at radius 2 is 2.05 bits per heavy atom. The maximum atomic E-state index is 12.5. The zero-order chi connectivity index (χ0) is 14.7. The Kier molecular flexibility index (Phi) is 3.57. The number of amides is 1. The molecular formula is C15H17N5O. The summed E-state index contributed by atoms with van der Waals surface area (Å²) in [7, 11) is 0. The summed E-state index contributed by atoms with van der Waals surface area (Å²) in [5.41, 5.74) is 0.364. The Morgan fingerprint density at radius 3 is 2.76 bits per heavy atom. The van der Waals surface area contributed by atoms with Crippen LogP contribution in [0.1, 0.15) is 48.9 Å². The van der Waals surface area contributed by atoms with Crippen LogP contribution in [0, 0.1) is 11.3 Å². The van der Waals surface area contributed by atoms with Crippen LogP contribution in [0.2, 0.25) is 0 Å². The lowest BCUT2D eigenvalue weighted by Gasteiger charge is -2.26. The maximum absolute atomic E-state index is 12.5. The fraction of sp³-hybridized carbons (Fsp3) is 0.467. The number of fused-ring (bicyclic) bond motifs is 1. The maximum Gasteiger partial charge on any atom is 0.256 e. The van der Waals surface area contributed by atoms with Gasteiger partial charge in [-0.05, 0) is 12.8 Å². The molecule has 2 aromatic rings. The number of nitrogens with one attached hydrogen (secondary N) is 1. The first-order chi connectivity index (χ1) is 10.2. The first-order valence-electron chi connectivity index (χ1n) is 7.25. The van der Waals surface area contributed by atoms with E-state index in [-0.39, 0.29) is 5.91 Å². The highest BCUT2D eigenvalue weighted by molar-refractivity contribution is 6.01. The molecule has 6 heteroatoms. The molecule has 1 aliphatic carbocycles. The average molecular weight is 283 g/mol. The largest absolute Gasteiger partial charge is 0.334 e. The fourth-order valence-electron chi connectivity index (χ4n) is 2.89. The summed E-state index contributed by atoms with van der Waals surface area (Å²) < 4.78 is 1.61. The van der Waals surface area contributed by atoms with Crippen molar-refractivity contribution in [1.82, 2.24) is 19.9 Å². The lowest BCUT2D eigenvalue weighted by Crippen LogP contribution is -2.47. The van der Waals surface area contributed by atoms with Gasteiger partial charge in [0.25, 0.3) is 5.91 Å². The third kappa shape index (κ3) is 2.59. The second-order valence-electron chi connectivity index (χ2n) is 5.53. The van der Waals surface area contributed by atoms with Gasteiger partial charge in [0, 0.05) is 12.4 Å². The number of nitriles is 1. The summed E-state index contributed by atoms with van der Waals surface area (Å²) >= 11 is 0. The lowest BCUT2D eigenvalue weighted by atomic mass is 9.91. The molecule has 6 nitrogen and oxygen atoms in total. The van der Waals surface area contributed by atoms with Crippen molar-refractivity contribution in [3.05, 3.63) is 30.4 Å². The third-order valence-corrected chi connectivity index (χ3v) is 4.09. The van der Waals surface area contributed by atoms with Gasteiger partial charge in [-0.2, -0.15) is 10.4 Å². The summed E-state index contributed by atoms with van der Waals surface area (Å²) in [5, 5.41) is 16.6. The van der Waals surface area contributed by atoms with Crippen molar-refractivity contribution in [3.8, 4) is 6.07 Å². The van der Waals surface area contributed by atoms with Crippen molar-refractivity contribution >= 4 is 11.4 Å². The number of carbonyl (C=O) groups excluding carboxylic acids is 1. The van der Waals surface area contributed by atoms with Crippen LogP contribution in [0.25, 0.3) is 5.52 Å². The van der Waals surface area contributed by atoms with E-state index in [1.165, 1.54) is 6.20 Å². The molecular weight excluding hydrogens is 266 g/mol. The van der Waals surface area contributed by atoms with Gasteiger partial charge in [-0.1, -0.05) is 25.7 Å². The molecule has 0 bridgehead atoms. The smallest absolute Gasteiger partial charge is 0.256 e. The molecule has 2 aromatic heterocycles. The standard InChI is InChI=1S/C15H17N5O/c16-11-15(5-3-1-2-4-6-15)19-14(21)12-9-18-20-8-7-17-10-13(12)20/h7-10H,1-6H2,(H,19,21). The van der Waals surface area contributed by atoms with Crippen molar-refractivity contribution in [2.75, 3.05) is 0 Å². The van der Waals surface area contributed by atoms with E-state index in [0.29, 0.717) is 23.9 Å². The van der Waals surface area contributed by atoms with E-state index >= 15 is 0 Å². The minimum atomic E-state index is -0.746. The van der Waals surface area contributed by atoms with Gasteiger partial charge in [0.05, 0.1) is 29.5 Å². The van der Waals surface area contributed by atoms with Crippen molar-refractivity contribution in [2.45, 2.75) is 44.1 Å². The van der Waals surface area contributed by atoms with E-state index in [1.54, 1.807) is 23.1 Å². The average Bonchev–Trinajstić information content (AvgIpc) is 2.81. The number of rotatable bonds is 2. The molecule has 0 aliphatic heterocycles. The van der Waals surface area contributed by atoms with E-state index in [9.17, 15) is 10.1 Å². The highest BCUT2D eigenvalue weighted by atomic mass is 16.1. The number of hydrogen-bond donors (Lipinski definition) is 1. The Morgan fingerprint density at radius 1 is 1.29 bits per heavy atom. The van der Waals surface area contributed by atoms with E-state index < -0.39 is 5.54 Å². The second-order valence-corrected chi connectivity index (χ2v) is 5.53. The zero-order valence-corrected chi connectivity index (χ0v) is 11.7. The van der Waals surface area contributed by atoms with Crippen LogP contribution >= 0.6 is 0 Å². The summed E-state index contributed by atoms with van der Waals surface area (Å²) in [4.78, 5) is 16.5. The van der Waals surface area contributed by atoms with Gasteiger partial charge < -0.3 is 5.32 Å². The topological polar surface area (TPSA) is 83.1 Å². The van der Waals surface area contributed by atoms with Crippen LogP contribution in [-0.4, -0.2) is 26.0 Å². The summed E-state index contributed by atoms with van der Waals surface area (Å²) in [5.74, 6) is -0.249. The lowest BCUT2D eigenvalue weighted by molar-refractivity contribution is 0.0914. The summed E-state index contributed by atoms with van der Waals surface area (Å²) in [6.07, 6.45) is 12.1. The molecule has 1 saturated carbocycles. The van der Waals surface area contributed by atoms with Crippen LogP contribution < -0.4 is 5.32 Å². The molecule has 0 atom stereocenters. The molecule has 1 N–H and O–H groups in total. The molecule has 1 amide bonds. The zero-order valence-electron chi connectivity index (χ0n) is 11.7. The minimum absolute atomic E-state index is 0.249. The van der Waals surface area contributed by atoms with Gasteiger partial charge in [0.15, 0.2) is 0 Å².